The number of aromatic hydroxyl groups is 3. The number of phenols is 3. The zero-order chi connectivity index (χ0) is 35.2. The van der Waals surface area contributed by atoms with Crippen molar-refractivity contribution in [1.82, 2.24) is 0 Å². The van der Waals surface area contributed by atoms with Gasteiger partial charge < -0.3 is 74.4 Å². The van der Waals surface area contributed by atoms with E-state index in [-0.39, 0.29) is 17.2 Å². The number of aliphatic hydroxyl groups is 6. The minimum atomic E-state index is -2.48. The highest BCUT2D eigenvalue weighted by atomic mass is 16.8. The number of methoxy groups -OCH3 is 1. The summed E-state index contributed by atoms with van der Waals surface area (Å²) in [5.41, 5.74) is 0.750. The van der Waals surface area contributed by atoms with Gasteiger partial charge in [0.05, 0.1) is 13.7 Å². The summed E-state index contributed by atoms with van der Waals surface area (Å²) in [4.78, 5) is 25.1. The van der Waals surface area contributed by atoms with Crippen LogP contribution in [0.5, 0.6) is 23.0 Å². The van der Waals surface area contributed by atoms with Crippen LogP contribution in [-0.2, 0) is 33.3 Å². The molecule has 2 aliphatic rings. The van der Waals surface area contributed by atoms with Gasteiger partial charge in [-0.3, -0.25) is 0 Å². The molecule has 0 radical (unpaired) electrons. The third kappa shape index (κ3) is 8.21. The first-order chi connectivity index (χ1) is 22.8. The van der Waals surface area contributed by atoms with Gasteiger partial charge >= 0.3 is 11.9 Å². The molecule has 9 atom stereocenters. The van der Waals surface area contributed by atoms with Crippen LogP contribution in [0.25, 0.3) is 12.2 Å². The average Bonchev–Trinajstić information content (AvgIpc) is 3.34. The van der Waals surface area contributed by atoms with Gasteiger partial charge in [0.1, 0.15) is 49.8 Å². The second-order valence-electron chi connectivity index (χ2n) is 10.8. The van der Waals surface area contributed by atoms with Crippen molar-refractivity contribution in [3.8, 4) is 23.0 Å². The standard InChI is InChI=1S/C31H36O17/c1-43-20-11-16(3-7-18(20)35)5-9-24(38)46-29-26(40)21(12-32)47-31(29,14-33)48-30-28(42)27(41)25(39)22(45-30)13-44-23(37)8-4-15-2-6-17(34)19(36)10-15/h2-11,21-22,25-30,32-36,39-42H,12-14H2,1H3/b8-4+,9-5+/t21-,22-,25-,26-,27+,28-,29+,30-,31+/m1/s1. The van der Waals surface area contributed by atoms with Crippen molar-refractivity contribution in [1.29, 1.82) is 0 Å². The van der Waals surface area contributed by atoms with E-state index in [1.165, 1.54) is 55.7 Å². The molecule has 48 heavy (non-hydrogen) atoms. The van der Waals surface area contributed by atoms with Crippen molar-refractivity contribution in [3.63, 3.8) is 0 Å². The van der Waals surface area contributed by atoms with Crippen LogP contribution in [0.15, 0.2) is 48.6 Å². The van der Waals surface area contributed by atoms with Crippen LogP contribution in [0.4, 0.5) is 0 Å². The third-order valence-electron chi connectivity index (χ3n) is 7.52. The van der Waals surface area contributed by atoms with E-state index >= 15 is 0 Å². The van der Waals surface area contributed by atoms with Gasteiger partial charge in [-0.2, -0.15) is 0 Å². The van der Waals surface area contributed by atoms with Crippen LogP contribution >= 0.6 is 0 Å². The van der Waals surface area contributed by atoms with Crippen LogP contribution in [0.1, 0.15) is 11.1 Å². The summed E-state index contributed by atoms with van der Waals surface area (Å²) in [5, 5.41) is 91.2. The van der Waals surface area contributed by atoms with Gasteiger partial charge in [-0.05, 0) is 47.5 Å². The molecular formula is C31H36O17. The lowest BCUT2D eigenvalue weighted by atomic mass is 9.99. The van der Waals surface area contributed by atoms with Crippen LogP contribution in [0.3, 0.4) is 0 Å². The van der Waals surface area contributed by atoms with Crippen molar-refractivity contribution in [2.75, 3.05) is 26.9 Å². The summed E-state index contributed by atoms with van der Waals surface area (Å²) < 4.78 is 32.2. The van der Waals surface area contributed by atoms with Gasteiger partial charge in [-0.1, -0.05) is 12.1 Å². The summed E-state index contributed by atoms with van der Waals surface area (Å²) in [6.07, 6.45) is -9.85. The third-order valence-corrected chi connectivity index (χ3v) is 7.52. The Hall–Kier alpha value is -4.30. The van der Waals surface area contributed by atoms with E-state index in [2.05, 4.69) is 0 Å². The first kappa shape index (κ1) is 36.5. The molecule has 0 saturated carbocycles. The molecule has 2 heterocycles. The van der Waals surface area contributed by atoms with Crippen LogP contribution in [0.2, 0.25) is 0 Å². The van der Waals surface area contributed by atoms with E-state index in [4.69, 9.17) is 28.4 Å². The van der Waals surface area contributed by atoms with Gasteiger partial charge in [-0.15, -0.1) is 0 Å². The molecule has 262 valence electrons. The van der Waals surface area contributed by atoms with Gasteiger partial charge in [-0.25, -0.2) is 9.59 Å². The number of esters is 2. The molecule has 17 heteroatoms. The molecular weight excluding hydrogens is 644 g/mol. The first-order valence-corrected chi connectivity index (χ1v) is 14.4. The number of aliphatic hydroxyl groups excluding tert-OH is 6. The van der Waals surface area contributed by atoms with Crippen molar-refractivity contribution in [2.45, 2.75) is 54.8 Å². The maximum atomic E-state index is 12.8. The molecule has 2 aromatic rings. The Morgan fingerprint density at radius 1 is 0.812 bits per heavy atom. The highest BCUT2D eigenvalue weighted by Gasteiger charge is 2.60. The lowest BCUT2D eigenvalue weighted by molar-refractivity contribution is -0.383. The minimum absolute atomic E-state index is 0.127. The monoisotopic (exact) mass is 680 g/mol. The second kappa shape index (κ2) is 15.7. The van der Waals surface area contributed by atoms with Gasteiger partial charge in [0.15, 0.2) is 35.4 Å². The average molecular weight is 681 g/mol. The zero-order valence-corrected chi connectivity index (χ0v) is 25.3. The Kier molecular flexibility index (Phi) is 12.0. The molecule has 2 aliphatic heterocycles. The lowest BCUT2D eigenvalue weighted by Gasteiger charge is -2.43. The number of carbonyl (C=O) groups excluding carboxylic acids is 2. The number of hydrogen-bond acceptors (Lipinski definition) is 17. The topological polar surface area (TPSA) is 272 Å². The fraction of sp³-hybridized carbons (Fsp3) is 0.419. The largest absolute Gasteiger partial charge is 0.504 e. The quantitative estimate of drug-likeness (QED) is 0.0684. The number of phenolic OH excluding ortho intramolecular Hbond substituents is 3. The first-order valence-electron chi connectivity index (χ1n) is 14.4. The number of ether oxygens (including phenoxy) is 6. The maximum Gasteiger partial charge on any atom is 0.331 e. The van der Waals surface area contributed by atoms with E-state index in [1.54, 1.807) is 0 Å². The second-order valence-corrected chi connectivity index (χ2v) is 10.8. The predicted molar refractivity (Wildman–Crippen MR) is 159 cm³/mol. The minimum Gasteiger partial charge on any atom is -0.504 e. The number of hydrogen-bond donors (Lipinski definition) is 9. The van der Waals surface area contributed by atoms with Crippen LogP contribution in [-0.4, -0.2) is 140 Å². The number of benzene rings is 2. The Bertz CT molecular complexity index is 1490. The molecule has 0 bridgehead atoms. The van der Waals surface area contributed by atoms with Crippen molar-refractivity contribution in [3.05, 3.63) is 59.7 Å². The number of rotatable bonds is 12. The highest BCUT2D eigenvalue weighted by Crippen LogP contribution is 2.38. The lowest BCUT2D eigenvalue weighted by Crippen LogP contribution is -2.63. The zero-order valence-electron chi connectivity index (χ0n) is 25.3. The number of carbonyl (C=O) groups is 2. The summed E-state index contributed by atoms with van der Waals surface area (Å²) in [7, 11) is 1.33. The fourth-order valence-corrected chi connectivity index (χ4v) is 4.91. The fourth-order valence-electron chi connectivity index (χ4n) is 4.91. The summed E-state index contributed by atoms with van der Waals surface area (Å²) >= 11 is 0. The van der Waals surface area contributed by atoms with Crippen LogP contribution < -0.4 is 4.74 Å². The van der Waals surface area contributed by atoms with E-state index in [1.807, 2.05) is 0 Å². The smallest absolute Gasteiger partial charge is 0.331 e. The predicted octanol–water partition coefficient (Wildman–Crippen LogP) is -1.74. The molecule has 2 saturated heterocycles. The Labute approximate surface area is 272 Å². The summed E-state index contributed by atoms with van der Waals surface area (Å²) in [6.45, 7) is -2.65. The molecule has 17 nitrogen and oxygen atoms in total. The molecule has 0 aliphatic carbocycles. The van der Waals surface area contributed by atoms with E-state index < -0.39 is 92.3 Å². The molecule has 0 aromatic heterocycles. The van der Waals surface area contributed by atoms with E-state index in [9.17, 15) is 55.5 Å². The van der Waals surface area contributed by atoms with Crippen molar-refractivity contribution < 1.29 is 84.0 Å². The highest BCUT2D eigenvalue weighted by molar-refractivity contribution is 5.88. The molecule has 0 unspecified atom stereocenters. The summed E-state index contributed by atoms with van der Waals surface area (Å²) in [5.74, 6) is -5.30. The van der Waals surface area contributed by atoms with Crippen molar-refractivity contribution in [2.24, 2.45) is 0 Å². The Morgan fingerprint density at radius 3 is 2.08 bits per heavy atom. The van der Waals surface area contributed by atoms with E-state index in [0.29, 0.717) is 11.1 Å². The molecule has 0 amide bonds. The Balaban J connectivity index is 1.46. The molecule has 2 fully saturated rings. The summed E-state index contributed by atoms with van der Waals surface area (Å²) in [6, 6.07) is 7.99. The SMILES string of the molecule is COc1cc(/C=C/C(=O)O[C@H]2[C@H](O)[C@@H](CO)O[C@@]2(CO)O[C@H]2O[C@H](COC(=O)/C=C/c3ccc(O)c(O)c3)[C@@H](O)[C@H](O)[C@H]2O)ccc1O. The van der Waals surface area contributed by atoms with Crippen LogP contribution in [0, 0.1) is 0 Å². The van der Waals surface area contributed by atoms with E-state index in [0.717, 1.165) is 12.2 Å². The molecule has 0 spiro atoms. The normalized spacial score (nSPS) is 30.5. The maximum absolute atomic E-state index is 12.8. The van der Waals surface area contributed by atoms with Gasteiger partial charge in [0.25, 0.3) is 0 Å². The molecule has 4 rings (SSSR count). The molecule has 2 aromatic carbocycles. The Morgan fingerprint density at radius 2 is 1.46 bits per heavy atom. The van der Waals surface area contributed by atoms with Gasteiger partial charge in [0, 0.05) is 12.2 Å². The van der Waals surface area contributed by atoms with Crippen molar-refractivity contribution >= 4 is 24.1 Å². The van der Waals surface area contributed by atoms with Gasteiger partial charge in [0.2, 0.25) is 5.79 Å². The molecule has 9 N–H and O–H groups in total.